The molecule has 4 nitrogen and oxygen atoms in total. The molecule has 7 heteroatoms. The molecule has 0 bridgehead atoms. The van der Waals surface area contributed by atoms with E-state index >= 15 is 0 Å². The molecule has 0 aromatic carbocycles. The van der Waals surface area contributed by atoms with Crippen LogP contribution in [-0.4, -0.2) is 34.8 Å². The van der Waals surface area contributed by atoms with Gasteiger partial charge in [0.25, 0.3) is 0 Å². The van der Waals surface area contributed by atoms with Crippen LogP contribution in [0.3, 0.4) is 0 Å². The second-order valence-corrected chi connectivity index (χ2v) is 6.08. The molecule has 2 fully saturated rings. The third-order valence-electron chi connectivity index (χ3n) is 4.82. The molecule has 1 N–H and O–H groups in total. The Balaban J connectivity index is 1.86. The van der Waals surface area contributed by atoms with E-state index in [9.17, 15) is 18.3 Å². The van der Waals surface area contributed by atoms with Gasteiger partial charge in [0, 0.05) is 24.7 Å². The van der Waals surface area contributed by atoms with Crippen molar-refractivity contribution in [3.63, 3.8) is 0 Å². The van der Waals surface area contributed by atoms with Crippen molar-refractivity contribution in [3.05, 3.63) is 18.0 Å². The summed E-state index contributed by atoms with van der Waals surface area (Å²) in [6, 6.07) is 0.883. The van der Waals surface area contributed by atoms with Gasteiger partial charge < -0.3 is 10.0 Å². The number of nitrogens with zero attached hydrogens (tertiary/aromatic N) is 3. The average Bonchev–Trinajstić information content (AvgIpc) is 2.86. The zero-order valence-electron chi connectivity index (χ0n) is 11.6. The topological polar surface area (TPSA) is 49.2 Å². The van der Waals surface area contributed by atoms with Crippen LogP contribution >= 0.6 is 0 Å². The molecule has 1 aromatic rings. The second-order valence-electron chi connectivity index (χ2n) is 6.08. The number of fused-ring (bicyclic) bond motifs is 1. The average molecular weight is 301 g/mol. The Bertz CT molecular complexity index is 522. The number of rotatable bonds is 2. The van der Waals surface area contributed by atoms with Crippen LogP contribution in [0.5, 0.6) is 0 Å². The van der Waals surface area contributed by atoms with E-state index in [1.54, 1.807) is 4.90 Å². The predicted octanol–water partition coefficient (Wildman–Crippen LogP) is 2.48. The van der Waals surface area contributed by atoms with Crippen molar-refractivity contribution >= 4 is 5.95 Å². The summed E-state index contributed by atoms with van der Waals surface area (Å²) in [5.41, 5.74) is -1.11. The Morgan fingerprint density at radius 2 is 2.19 bits per heavy atom. The Labute approximate surface area is 121 Å². The van der Waals surface area contributed by atoms with Gasteiger partial charge in [-0.1, -0.05) is 12.8 Å². The third-order valence-corrected chi connectivity index (χ3v) is 4.82. The Morgan fingerprint density at radius 3 is 2.86 bits per heavy atom. The number of halogens is 3. The summed E-state index contributed by atoms with van der Waals surface area (Å²) in [7, 11) is 0. The molecule has 21 heavy (non-hydrogen) atoms. The van der Waals surface area contributed by atoms with Gasteiger partial charge in [0.1, 0.15) is 5.69 Å². The standard InChI is InChI=1S/C14H18F3N3O/c15-14(16,17)11-4-6-18-12(19-11)20-7-10-3-1-2-5-13(10,8-20)9-21/h4,6,10,21H,1-3,5,7-9H2. The SMILES string of the molecule is OCC12CCCCC1CN(c1nccc(C(F)(F)F)n1)C2. The van der Waals surface area contributed by atoms with Crippen molar-refractivity contribution in [1.82, 2.24) is 9.97 Å². The molecule has 2 atom stereocenters. The summed E-state index contributed by atoms with van der Waals surface area (Å²) in [4.78, 5) is 9.44. The molecular weight excluding hydrogens is 283 g/mol. The molecule has 2 unspecified atom stereocenters. The van der Waals surface area contributed by atoms with E-state index in [2.05, 4.69) is 9.97 Å². The van der Waals surface area contributed by atoms with Crippen LogP contribution in [0, 0.1) is 11.3 Å². The van der Waals surface area contributed by atoms with Crippen molar-refractivity contribution in [1.29, 1.82) is 0 Å². The van der Waals surface area contributed by atoms with Gasteiger partial charge in [0.05, 0.1) is 6.61 Å². The molecule has 1 saturated carbocycles. The van der Waals surface area contributed by atoms with Crippen molar-refractivity contribution in [2.24, 2.45) is 11.3 Å². The lowest BCUT2D eigenvalue weighted by Crippen LogP contribution is -2.37. The number of hydrogen-bond donors (Lipinski definition) is 1. The van der Waals surface area contributed by atoms with Crippen LogP contribution in [0.25, 0.3) is 0 Å². The zero-order chi connectivity index (χ0) is 15.1. The Hall–Kier alpha value is -1.37. The maximum atomic E-state index is 12.7. The number of aliphatic hydroxyl groups is 1. The lowest BCUT2D eigenvalue weighted by Gasteiger charge is -2.36. The highest BCUT2D eigenvalue weighted by Gasteiger charge is 2.48. The second kappa shape index (κ2) is 5.12. The fourth-order valence-electron chi connectivity index (χ4n) is 3.65. The molecule has 1 aliphatic carbocycles. The van der Waals surface area contributed by atoms with Crippen LogP contribution in [0.15, 0.2) is 12.3 Å². The molecule has 1 aliphatic heterocycles. The zero-order valence-corrected chi connectivity index (χ0v) is 11.6. The van der Waals surface area contributed by atoms with Crippen molar-refractivity contribution < 1.29 is 18.3 Å². The highest BCUT2D eigenvalue weighted by atomic mass is 19.4. The summed E-state index contributed by atoms with van der Waals surface area (Å²) >= 11 is 0. The van der Waals surface area contributed by atoms with E-state index in [0.29, 0.717) is 19.0 Å². The molecule has 1 aromatic heterocycles. The minimum Gasteiger partial charge on any atom is -0.396 e. The van der Waals surface area contributed by atoms with E-state index < -0.39 is 11.9 Å². The monoisotopic (exact) mass is 301 g/mol. The van der Waals surface area contributed by atoms with E-state index in [0.717, 1.165) is 37.9 Å². The van der Waals surface area contributed by atoms with Crippen LogP contribution < -0.4 is 4.90 Å². The maximum absolute atomic E-state index is 12.7. The molecular formula is C14H18F3N3O. The molecule has 0 radical (unpaired) electrons. The normalized spacial score (nSPS) is 29.5. The van der Waals surface area contributed by atoms with E-state index in [1.807, 2.05) is 0 Å². The van der Waals surface area contributed by atoms with Gasteiger partial charge in [0.15, 0.2) is 0 Å². The molecule has 0 spiro atoms. The molecule has 0 amide bonds. The van der Waals surface area contributed by atoms with E-state index in [4.69, 9.17) is 0 Å². The summed E-state index contributed by atoms with van der Waals surface area (Å²) in [6.07, 6.45) is 0.801. The maximum Gasteiger partial charge on any atom is 0.433 e. The van der Waals surface area contributed by atoms with Crippen LogP contribution in [0.4, 0.5) is 19.1 Å². The Morgan fingerprint density at radius 1 is 1.38 bits per heavy atom. The summed E-state index contributed by atoms with van der Waals surface area (Å²) in [5, 5.41) is 9.75. The van der Waals surface area contributed by atoms with Gasteiger partial charge >= 0.3 is 6.18 Å². The lowest BCUT2D eigenvalue weighted by atomic mass is 9.69. The fourth-order valence-corrected chi connectivity index (χ4v) is 3.65. The van der Waals surface area contributed by atoms with Crippen molar-refractivity contribution in [2.75, 3.05) is 24.6 Å². The third kappa shape index (κ3) is 2.59. The first-order valence-corrected chi connectivity index (χ1v) is 7.21. The van der Waals surface area contributed by atoms with Crippen molar-refractivity contribution in [2.45, 2.75) is 31.9 Å². The number of aliphatic hydroxyl groups excluding tert-OH is 1. The molecule has 1 saturated heterocycles. The lowest BCUT2D eigenvalue weighted by molar-refractivity contribution is -0.141. The highest BCUT2D eigenvalue weighted by molar-refractivity contribution is 5.35. The van der Waals surface area contributed by atoms with Gasteiger partial charge in [-0.15, -0.1) is 0 Å². The molecule has 116 valence electrons. The predicted molar refractivity (Wildman–Crippen MR) is 70.7 cm³/mol. The quantitative estimate of drug-likeness (QED) is 0.912. The van der Waals surface area contributed by atoms with Crippen molar-refractivity contribution in [3.8, 4) is 0 Å². The van der Waals surface area contributed by atoms with Gasteiger partial charge in [0.2, 0.25) is 5.95 Å². The van der Waals surface area contributed by atoms with Crippen LogP contribution in [-0.2, 0) is 6.18 Å². The largest absolute Gasteiger partial charge is 0.433 e. The van der Waals surface area contributed by atoms with E-state index in [-0.39, 0.29) is 18.0 Å². The van der Waals surface area contributed by atoms with Crippen LogP contribution in [0.1, 0.15) is 31.4 Å². The fraction of sp³-hybridized carbons (Fsp3) is 0.714. The van der Waals surface area contributed by atoms with Gasteiger partial charge in [-0.2, -0.15) is 13.2 Å². The minimum atomic E-state index is -4.46. The minimum absolute atomic E-state index is 0.0765. The number of alkyl halides is 3. The van der Waals surface area contributed by atoms with Gasteiger partial charge in [-0.05, 0) is 24.8 Å². The van der Waals surface area contributed by atoms with Crippen LogP contribution in [0.2, 0.25) is 0 Å². The number of hydrogen-bond acceptors (Lipinski definition) is 4. The molecule has 2 aliphatic rings. The highest BCUT2D eigenvalue weighted by Crippen LogP contribution is 2.47. The number of aromatic nitrogens is 2. The first-order chi connectivity index (χ1) is 9.94. The first kappa shape index (κ1) is 14.6. The van der Waals surface area contributed by atoms with Gasteiger partial charge in [-0.25, -0.2) is 9.97 Å². The molecule has 2 heterocycles. The van der Waals surface area contributed by atoms with Gasteiger partial charge in [-0.3, -0.25) is 0 Å². The summed E-state index contributed by atoms with van der Waals surface area (Å²) < 4.78 is 38.2. The first-order valence-electron chi connectivity index (χ1n) is 7.21. The molecule has 3 rings (SSSR count). The van der Waals surface area contributed by atoms with E-state index in [1.165, 1.54) is 0 Å². The Kier molecular flexibility index (Phi) is 3.55. The summed E-state index contributed by atoms with van der Waals surface area (Å²) in [6.45, 7) is 1.24. The smallest absolute Gasteiger partial charge is 0.396 e. The summed E-state index contributed by atoms with van der Waals surface area (Å²) in [5.74, 6) is 0.432. The number of anilines is 1.